The van der Waals surface area contributed by atoms with E-state index in [1.807, 2.05) is 0 Å². The molecule has 444 valence electrons. The fourth-order valence-corrected chi connectivity index (χ4v) is 14.4. The fraction of sp³-hybridized carbons (Fsp3) is 0.439. The summed E-state index contributed by atoms with van der Waals surface area (Å²) in [4.78, 5) is 7.82. The molecular weight excluding hydrogens is 1030 g/mol. The Hall–Kier alpha value is -6.58. The SMILES string of the molecule is CC(C)(C)C1=CCC(N(c2ccc(C(C)(C)C)cc2)c2ccc3c(c2)-c2cc(N(C4=CCC(C(C)(C)C)C=C4)c4ccc(C(C)(C)C)cc4)cc4c2C3c2ccc(N(C3=CCC(C(C)(C)C)C=C3)C3=CC=C(C(C)(C)C)CC3)cc2C4(C)C)C=C1. The molecule has 3 heteroatoms. The molecule has 0 aromatic heterocycles. The van der Waals surface area contributed by atoms with Gasteiger partial charge < -0.3 is 14.7 Å². The zero-order valence-corrected chi connectivity index (χ0v) is 55.8. The second-order valence-electron chi connectivity index (χ2n) is 32.8. The average molecular weight is 1130 g/mol. The number of hydrogen-bond donors (Lipinski definition) is 0. The quantitative estimate of drug-likeness (QED) is 0.143. The van der Waals surface area contributed by atoms with Gasteiger partial charge in [0, 0.05) is 56.9 Å². The van der Waals surface area contributed by atoms with Gasteiger partial charge >= 0.3 is 0 Å². The Kier molecular flexibility index (Phi) is 15.1. The van der Waals surface area contributed by atoms with Crippen LogP contribution in [0.5, 0.6) is 0 Å². The molecule has 0 radical (unpaired) electrons. The molecule has 85 heavy (non-hydrogen) atoms. The predicted octanol–water partition coefficient (Wildman–Crippen LogP) is 23.1. The molecule has 0 spiro atoms. The minimum atomic E-state index is -0.354. The van der Waals surface area contributed by atoms with Crippen LogP contribution in [0.3, 0.4) is 0 Å². The van der Waals surface area contributed by atoms with Crippen LogP contribution in [0.25, 0.3) is 11.1 Å². The Morgan fingerprint density at radius 1 is 0.424 bits per heavy atom. The summed E-state index contributed by atoms with van der Waals surface area (Å²) in [6.07, 6.45) is 32.1. The van der Waals surface area contributed by atoms with E-state index in [0.29, 0.717) is 11.8 Å². The Morgan fingerprint density at radius 2 is 0.953 bits per heavy atom. The van der Waals surface area contributed by atoms with E-state index in [1.165, 1.54) is 107 Å². The third kappa shape index (κ3) is 11.5. The number of benzene rings is 5. The molecule has 5 aromatic rings. The zero-order valence-electron chi connectivity index (χ0n) is 55.8. The number of nitrogens with zero attached hydrogens (tertiary/aromatic N) is 3. The Labute approximate surface area is 514 Å². The minimum absolute atomic E-state index is 0.0344. The number of rotatable bonds is 9. The normalized spacial score (nSPS) is 21.0. The van der Waals surface area contributed by atoms with Gasteiger partial charge in [0.1, 0.15) is 0 Å². The molecule has 6 aliphatic rings. The Bertz CT molecular complexity index is 3660. The zero-order chi connectivity index (χ0) is 61.1. The monoisotopic (exact) mass is 1130 g/mol. The van der Waals surface area contributed by atoms with Crippen LogP contribution < -0.4 is 14.7 Å². The minimum Gasteiger partial charge on any atom is -0.334 e. The smallest absolute Gasteiger partial charge is 0.0560 e. The van der Waals surface area contributed by atoms with Crippen molar-refractivity contribution in [1.82, 2.24) is 0 Å². The summed E-state index contributed by atoms with van der Waals surface area (Å²) >= 11 is 0. The van der Waals surface area contributed by atoms with Gasteiger partial charge in [-0.15, -0.1) is 0 Å². The van der Waals surface area contributed by atoms with Crippen molar-refractivity contribution in [2.45, 2.75) is 199 Å². The molecule has 0 saturated heterocycles. The van der Waals surface area contributed by atoms with E-state index in [2.05, 4.69) is 317 Å². The van der Waals surface area contributed by atoms with Gasteiger partial charge in [-0.3, -0.25) is 0 Å². The Morgan fingerprint density at radius 3 is 1.45 bits per heavy atom. The molecule has 4 atom stereocenters. The van der Waals surface area contributed by atoms with Gasteiger partial charge in [-0.25, -0.2) is 0 Å². The maximum atomic E-state index is 2.62. The standard InChI is InChI=1S/C82H101N3/c1-76(2,3)53-21-33-59(34-22-53)83(60-35-23-54(24-36-60)77(4,5)6)65-45-47-68-70(49-65)71-50-67(85(63-41-29-57(30-42-63)80(13,14)15)64-43-31-58(32-44-64)81(16,17)18)52-73-75(71)74(68)69-48-46-66(51-72(69)82(73,19)20)84(61-37-25-55(26-38-61)78(7,8)9)62-39-27-56(28-40-62)79(10,11)12/h21-25,27,29-31,33-35,37-39,41-52,55,58,60,74H,26,28,32,36,40H2,1-20H3. The summed E-state index contributed by atoms with van der Waals surface area (Å²) in [5.74, 6) is 1.03. The van der Waals surface area contributed by atoms with Crippen molar-refractivity contribution >= 4 is 28.4 Å². The molecular formula is C82H101N3. The van der Waals surface area contributed by atoms with E-state index in [9.17, 15) is 0 Å². The van der Waals surface area contributed by atoms with Crippen molar-refractivity contribution in [3.05, 3.63) is 231 Å². The highest BCUT2D eigenvalue weighted by molar-refractivity contribution is 5.91. The van der Waals surface area contributed by atoms with Crippen molar-refractivity contribution in [1.29, 1.82) is 0 Å². The molecule has 0 saturated carbocycles. The largest absolute Gasteiger partial charge is 0.334 e. The fourth-order valence-electron chi connectivity index (χ4n) is 14.4. The molecule has 11 rings (SSSR count). The van der Waals surface area contributed by atoms with Crippen LogP contribution in [0.4, 0.5) is 28.4 Å². The first-order valence-electron chi connectivity index (χ1n) is 32.3. The maximum Gasteiger partial charge on any atom is 0.0560 e. The summed E-state index contributed by atoms with van der Waals surface area (Å²) in [6.45, 7) is 47.3. The summed E-state index contributed by atoms with van der Waals surface area (Å²) in [5, 5.41) is 0. The number of allylic oxidation sites excluding steroid dienone is 12. The third-order valence-corrected chi connectivity index (χ3v) is 20.1. The van der Waals surface area contributed by atoms with Crippen molar-refractivity contribution < 1.29 is 0 Å². The first kappa shape index (κ1) is 60.1. The van der Waals surface area contributed by atoms with Crippen LogP contribution in [0.2, 0.25) is 0 Å². The second kappa shape index (κ2) is 21.4. The molecule has 0 amide bonds. The van der Waals surface area contributed by atoms with Crippen molar-refractivity contribution in [3.63, 3.8) is 0 Å². The molecule has 0 heterocycles. The third-order valence-electron chi connectivity index (χ3n) is 20.1. The Balaban J connectivity index is 1.13. The predicted molar refractivity (Wildman–Crippen MR) is 368 cm³/mol. The van der Waals surface area contributed by atoms with E-state index in [4.69, 9.17) is 0 Å². The molecule has 5 aromatic carbocycles. The molecule has 6 aliphatic carbocycles. The lowest BCUT2D eigenvalue weighted by molar-refractivity contribution is 0.293. The molecule has 0 N–H and O–H groups in total. The van der Waals surface area contributed by atoms with Gasteiger partial charge in [0.25, 0.3) is 0 Å². The topological polar surface area (TPSA) is 9.72 Å². The van der Waals surface area contributed by atoms with Crippen molar-refractivity contribution in [2.24, 2.45) is 33.5 Å². The van der Waals surface area contributed by atoms with Crippen LogP contribution in [0.15, 0.2) is 192 Å². The summed E-state index contributed by atoms with van der Waals surface area (Å²) in [7, 11) is 0. The number of fused-ring (bicyclic) bond motifs is 5. The van der Waals surface area contributed by atoms with E-state index in [0.717, 1.165) is 32.1 Å². The molecule has 0 bridgehead atoms. The van der Waals surface area contributed by atoms with Crippen molar-refractivity contribution in [3.8, 4) is 11.1 Å². The van der Waals surface area contributed by atoms with Crippen LogP contribution in [-0.2, 0) is 16.2 Å². The van der Waals surface area contributed by atoms with Gasteiger partial charge in [-0.2, -0.15) is 0 Å². The number of anilines is 5. The lowest BCUT2D eigenvalue weighted by atomic mass is 9.64. The molecule has 3 nitrogen and oxygen atoms in total. The molecule has 0 fully saturated rings. The molecule has 4 unspecified atom stereocenters. The summed E-state index contributed by atoms with van der Waals surface area (Å²) < 4.78 is 0. The first-order valence-corrected chi connectivity index (χ1v) is 32.3. The number of hydrogen-bond acceptors (Lipinski definition) is 3. The van der Waals surface area contributed by atoms with Crippen LogP contribution in [0, 0.1) is 33.5 Å². The van der Waals surface area contributed by atoms with Gasteiger partial charge in [-0.05, 0) is 211 Å². The van der Waals surface area contributed by atoms with Crippen LogP contribution in [0.1, 0.15) is 215 Å². The highest BCUT2D eigenvalue weighted by atomic mass is 15.2. The second-order valence-corrected chi connectivity index (χ2v) is 32.8. The lowest BCUT2D eigenvalue weighted by Gasteiger charge is -2.41. The van der Waals surface area contributed by atoms with Gasteiger partial charge in [0.15, 0.2) is 0 Å². The van der Waals surface area contributed by atoms with E-state index >= 15 is 0 Å². The van der Waals surface area contributed by atoms with E-state index in [1.54, 1.807) is 0 Å². The van der Waals surface area contributed by atoms with Gasteiger partial charge in [0.05, 0.1) is 6.04 Å². The lowest BCUT2D eigenvalue weighted by Crippen LogP contribution is -2.31. The van der Waals surface area contributed by atoms with E-state index in [-0.39, 0.29) is 49.9 Å². The molecule has 0 aliphatic heterocycles. The highest BCUT2D eigenvalue weighted by Crippen LogP contribution is 2.61. The van der Waals surface area contributed by atoms with Crippen molar-refractivity contribution in [2.75, 3.05) is 14.7 Å². The maximum absolute atomic E-state index is 2.62. The first-order chi connectivity index (χ1) is 39.7. The average Bonchev–Trinajstić information content (AvgIpc) is 1.62. The van der Waals surface area contributed by atoms with Crippen LogP contribution in [-0.4, -0.2) is 6.04 Å². The summed E-state index contributed by atoms with van der Waals surface area (Å²) in [6, 6.07) is 39.4. The van der Waals surface area contributed by atoms with E-state index < -0.39 is 0 Å². The van der Waals surface area contributed by atoms with Crippen LogP contribution >= 0.6 is 0 Å². The van der Waals surface area contributed by atoms with Gasteiger partial charge in [0.2, 0.25) is 0 Å². The van der Waals surface area contributed by atoms with Gasteiger partial charge in [-0.1, -0.05) is 229 Å². The summed E-state index contributed by atoms with van der Waals surface area (Å²) in [5.41, 5.74) is 25.6. The highest BCUT2D eigenvalue weighted by Gasteiger charge is 2.45.